The van der Waals surface area contributed by atoms with Crippen LogP contribution in [0.4, 0.5) is 5.00 Å². The molecular weight excluding hydrogens is 332 g/mol. The first-order valence-electron chi connectivity index (χ1n) is 7.76. The Morgan fingerprint density at radius 2 is 2.00 bits per heavy atom. The van der Waals surface area contributed by atoms with Crippen molar-refractivity contribution < 1.29 is 24.2 Å². The molecular formula is C16H21N2O5S-. The fourth-order valence-electron chi connectivity index (χ4n) is 2.41. The zero-order chi connectivity index (χ0) is 18.1. The highest BCUT2D eigenvalue weighted by molar-refractivity contribution is 7.17. The number of amides is 2. The summed E-state index contributed by atoms with van der Waals surface area (Å²) in [5.41, 5.74) is 0.0537. The number of rotatable bonds is 4. The summed E-state index contributed by atoms with van der Waals surface area (Å²) in [7, 11) is 0. The van der Waals surface area contributed by atoms with E-state index in [9.17, 15) is 19.5 Å². The Kier molecular flexibility index (Phi) is 5.29. The van der Waals surface area contributed by atoms with Crippen molar-refractivity contribution in [2.24, 2.45) is 0 Å². The highest BCUT2D eigenvalue weighted by Crippen LogP contribution is 2.40. The third-order valence-corrected chi connectivity index (χ3v) is 5.04. The van der Waals surface area contributed by atoms with E-state index in [1.165, 1.54) is 0 Å². The lowest BCUT2D eigenvalue weighted by Gasteiger charge is -2.30. The predicted molar refractivity (Wildman–Crippen MR) is 87.7 cm³/mol. The smallest absolute Gasteiger partial charge is 0.314 e. The van der Waals surface area contributed by atoms with E-state index in [-0.39, 0.29) is 23.2 Å². The van der Waals surface area contributed by atoms with E-state index in [0.717, 1.165) is 16.2 Å². The van der Waals surface area contributed by atoms with Gasteiger partial charge in [0.05, 0.1) is 18.2 Å². The Bertz CT molecular complexity index is 680. The molecule has 0 unspecified atom stereocenters. The molecule has 1 atom stereocenters. The Balaban J connectivity index is 2.25. The molecule has 0 aromatic carbocycles. The van der Waals surface area contributed by atoms with Gasteiger partial charge in [0.15, 0.2) is 0 Å². The number of nitrogens with one attached hydrogen (secondary N) is 2. The summed E-state index contributed by atoms with van der Waals surface area (Å²) in [6, 6.07) is -0.144. The SMILES string of the molecule is CC[C@H](C)NC(=O)C(=O)Nc1sc2c(c1C(=O)[O-])CC(C)(C)OC2. The van der Waals surface area contributed by atoms with Crippen LogP contribution in [-0.2, 0) is 27.4 Å². The lowest BCUT2D eigenvalue weighted by molar-refractivity contribution is -0.255. The third-order valence-electron chi connectivity index (χ3n) is 3.91. The van der Waals surface area contributed by atoms with Crippen LogP contribution in [-0.4, -0.2) is 29.4 Å². The largest absolute Gasteiger partial charge is 0.545 e. The van der Waals surface area contributed by atoms with Crippen LogP contribution < -0.4 is 15.7 Å². The number of fused-ring (bicyclic) bond motifs is 1. The van der Waals surface area contributed by atoms with Gasteiger partial charge in [0.2, 0.25) is 0 Å². The van der Waals surface area contributed by atoms with E-state index in [1.54, 1.807) is 6.92 Å². The van der Waals surface area contributed by atoms with Gasteiger partial charge in [0, 0.05) is 22.9 Å². The molecule has 7 nitrogen and oxygen atoms in total. The first-order chi connectivity index (χ1) is 11.1. The Morgan fingerprint density at radius 1 is 1.33 bits per heavy atom. The van der Waals surface area contributed by atoms with Crippen LogP contribution in [0, 0.1) is 0 Å². The second kappa shape index (κ2) is 6.90. The Morgan fingerprint density at radius 3 is 2.58 bits per heavy atom. The number of hydrogen-bond acceptors (Lipinski definition) is 6. The molecule has 0 saturated heterocycles. The number of thiophene rings is 1. The van der Waals surface area contributed by atoms with Gasteiger partial charge in [0.25, 0.3) is 0 Å². The van der Waals surface area contributed by atoms with Crippen molar-refractivity contribution in [2.75, 3.05) is 5.32 Å². The molecule has 1 aromatic heterocycles. The van der Waals surface area contributed by atoms with Crippen molar-refractivity contribution in [2.45, 2.75) is 58.8 Å². The maximum atomic E-state index is 12.0. The molecule has 0 aliphatic carbocycles. The van der Waals surface area contributed by atoms with Crippen molar-refractivity contribution in [1.29, 1.82) is 0 Å². The van der Waals surface area contributed by atoms with E-state index in [0.29, 0.717) is 18.4 Å². The summed E-state index contributed by atoms with van der Waals surface area (Å²) in [5, 5.41) is 16.6. The van der Waals surface area contributed by atoms with Gasteiger partial charge in [-0.1, -0.05) is 6.92 Å². The lowest BCUT2D eigenvalue weighted by atomic mass is 9.93. The topological polar surface area (TPSA) is 108 Å². The molecule has 24 heavy (non-hydrogen) atoms. The van der Waals surface area contributed by atoms with Crippen molar-refractivity contribution in [3.05, 3.63) is 16.0 Å². The molecule has 2 N–H and O–H groups in total. The van der Waals surface area contributed by atoms with Crippen molar-refractivity contribution in [1.82, 2.24) is 5.32 Å². The van der Waals surface area contributed by atoms with E-state index < -0.39 is 23.4 Å². The van der Waals surface area contributed by atoms with Crippen molar-refractivity contribution in [3.8, 4) is 0 Å². The summed E-state index contributed by atoms with van der Waals surface area (Å²) >= 11 is 1.10. The Labute approximate surface area is 144 Å². The van der Waals surface area contributed by atoms with Crippen LogP contribution in [0.5, 0.6) is 0 Å². The summed E-state index contributed by atoms with van der Waals surface area (Å²) in [5.74, 6) is -3.06. The van der Waals surface area contributed by atoms with Crippen LogP contribution in [0.15, 0.2) is 0 Å². The average molecular weight is 353 g/mol. The maximum absolute atomic E-state index is 12.0. The number of carbonyl (C=O) groups is 3. The minimum atomic E-state index is -1.37. The van der Waals surface area contributed by atoms with E-state index in [4.69, 9.17) is 4.74 Å². The molecule has 2 amide bonds. The molecule has 1 aliphatic rings. The van der Waals surface area contributed by atoms with Crippen LogP contribution >= 0.6 is 11.3 Å². The summed E-state index contributed by atoms with van der Waals surface area (Å²) in [6.07, 6.45) is 1.08. The number of hydrogen-bond donors (Lipinski definition) is 2. The fourth-order valence-corrected chi connectivity index (χ4v) is 3.52. The second-order valence-corrected chi connectivity index (χ2v) is 7.56. The highest BCUT2D eigenvalue weighted by Gasteiger charge is 2.32. The van der Waals surface area contributed by atoms with Gasteiger partial charge < -0.3 is 25.3 Å². The minimum Gasteiger partial charge on any atom is -0.545 e. The second-order valence-electron chi connectivity index (χ2n) is 6.46. The molecule has 0 fully saturated rings. The van der Waals surface area contributed by atoms with Gasteiger partial charge in [-0.05, 0) is 32.8 Å². The predicted octanol–water partition coefficient (Wildman–Crippen LogP) is 0.816. The number of ether oxygens (including phenoxy) is 1. The fraction of sp³-hybridized carbons (Fsp3) is 0.562. The van der Waals surface area contributed by atoms with Gasteiger partial charge in [-0.15, -0.1) is 11.3 Å². The highest BCUT2D eigenvalue weighted by atomic mass is 32.1. The molecule has 0 spiro atoms. The quantitative estimate of drug-likeness (QED) is 0.779. The molecule has 0 saturated carbocycles. The standard InChI is InChI=1S/C16H22N2O5S/c1-5-8(2)17-12(19)13(20)18-14-11(15(21)22)9-6-16(3,4)23-7-10(9)24-14/h8H,5-7H2,1-4H3,(H,17,19)(H,18,20)(H,21,22)/p-1/t8-/m0/s1. The molecule has 0 bridgehead atoms. The van der Waals surface area contributed by atoms with Crippen LogP contribution in [0.2, 0.25) is 0 Å². The molecule has 8 heteroatoms. The van der Waals surface area contributed by atoms with Gasteiger partial charge in [-0.2, -0.15) is 0 Å². The average Bonchev–Trinajstić information content (AvgIpc) is 2.82. The van der Waals surface area contributed by atoms with E-state index in [1.807, 2.05) is 20.8 Å². The van der Waals surface area contributed by atoms with E-state index >= 15 is 0 Å². The zero-order valence-electron chi connectivity index (χ0n) is 14.1. The zero-order valence-corrected chi connectivity index (χ0v) is 15.0. The summed E-state index contributed by atoms with van der Waals surface area (Å²) in [6.45, 7) is 7.66. The molecule has 1 aliphatic heterocycles. The van der Waals surface area contributed by atoms with Crippen molar-refractivity contribution in [3.63, 3.8) is 0 Å². The number of carboxylic acid groups (broad SMARTS) is 1. The third kappa shape index (κ3) is 3.93. The number of anilines is 1. The first kappa shape index (κ1) is 18.4. The molecule has 2 rings (SSSR count). The van der Waals surface area contributed by atoms with Crippen LogP contribution in [0.1, 0.15) is 54.9 Å². The number of carboxylic acids is 1. The van der Waals surface area contributed by atoms with Crippen molar-refractivity contribution >= 4 is 34.1 Å². The number of aromatic carboxylic acids is 1. The van der Waals surface area contributed by atoms with E-state index in [2.05, 4.69) is 10.6 Å². The molecule has 0 radical (unpaired) electrons. The Hall–Kier alpha value is -1.93. The lowest BCUT2D eigenvalue weighted by Crippen LogP contribution is -2.40. The van der Waals surface area contributed by atoms with Gasteiger partial charge >= 0.3 is 11.8 Å². The summed E-state index contributed by atoms with van der Waals surface area (Å²) < 4.78 is 5.66. The summed E-state index contributed by atoms with van der Waals surface area (Å²) in [4.78, 5) is 36.1. The minimum absolute atomic E-state index is 0.0592. The number of carbonyl (C=O) groups excluding carboxylic acids is 3. The monoisotopic (exact) mass is 353 g/mol. The normalized spacial score (nSPS) is 16.8. The van der Waals surface area contributed by atoms with Crippen LogP contribution in [0.3, 0.4) is 0 Å². The van der Waals surface area contributed by atoms with Gasteiger partial charge in [-0.25, -0.2) is 0 Å². The maximum Gasteiger partial charge on any atom is 0.314 e. The molecule has 2 heterocycles. The molecule has 1 aromatic rings. The van der Waals surface area contributed by atoms with Crippen LogP contribution in [0.25, 0.3) is 0 Å². The first-order valence-corrected chi connectivity index (χ1v) is 8.58. The van der Waals surface area contributed by atoms with Gasteiger partial charge in [0.1, 0.15) is 5.00 Å². The molecule has 132 valence electrons. The van der Waals surface area contributed by atoms with Gasteiger partial charge in [-0.3, -0.25) is 9.59 Å².